The van der Waals surface area contributed by atoms with Crippen molar-refractivity contribution in [1.82, 2.24) is 14.5 Å². The van der Waals surface area contributed by atoms with Gasteiger partial charge in [-0.1, -0.05) is 20.8 Å². The summed E-state index contributed by atoms with van der Waals surface area (Å²) in [5.41, 5.74) is 1.46. The van der Waals surface area contributed by atoms with Gasteiger partial charge in [-0.2, -0.15) is 0 Å². The number of pyridine rings is 2. The second-order valence-electron chi connectivity index (χ2n) is 9.61. The summed E-state index contributed by atoms with van der Waals surface area (Å²) in [7, 11) is 0. The van der Waals surface area contributed by atoms with E-state index in [4.69, 9.17) is 0 Å². The number of aromatic nitrogens is 2. The van der Waals surface area contributed by atoms with Gasteiger partial charge in [-0.05, 0) is 42.0 Å². The van der Waals surface area contributed by atoms with Crippen molar-refractivity contribution in [2.45, 2.75) is 46.1 Å². The predicted octanol–water partition coefficient (Wildman–Crippen LogP) is 2.88. The molecule has 0 aliphatic carbocycles. The third kappa shape index (κ3) is 4.15. The molecule has 2 atom stereocenters. The molecule has 1 N–H and O–H groups in total. The zero-order chi connectivity index (χ0) is 21.5. The number of anilines is 1. The maximum absolute atomic E-state index is 13.1. The highest BCUT2D eigenvalue weighted by atomic mass is 16.2. The van der Waals surface area contributed by atoms with Crippen molar-refractivity contribution in [2.24, 2.45) is 11.3 Å². The Morgan fingerprint density at radius 1 is 1.10 bits per heavy atom. The highest BCUT2D eigenvalue weighted by molar-refractivity contribution is 6.04. The van der Waals surface area contributed by atoms with Gasteiger partial charge in [0.05, 0.1) is 0 Å². The number of amides is 2. The van der Waals surface area contributed by atoms with Crippen molar-refractivity contribution < 1.29 is 9.59 Å². The van der Waals surface area contributed by atoms with Crippen molar-refractivity contribution in [2.75, 3.05) is 18.4 Å². The Balaban J connectivity index is 1.54. The number of rotatable bonds is 3. The highest BCUT2D eigenvalue weighted by Gasteiger charge is 2.37. The molecule has 0 radical (unpaired) electrons. The first-order valence-corrected chi connectivity index (χ1v) is 10.4. The summed E-state index contributed by atoms with van der Waals surface area (Å²) in [6.07, 6.45) is 4.60. The summed E-state index contributed by atoms with van der Waals surface area (Å²) in [6, 6.07) is 6.82. The molecule has 2 aromatic heterocycles. The molecule has 2 bridgehead atoms. The van der Waals surface area contributed by atoms with E-state index in [9.17, 15) is 14.4 Å². The van der Waals surface area contributed by atoms with E-state index in [1.54, 1.807) is 35.2 Å². The molecule has 1 fully saturated rings. The first kappa shape index (κ1) is 20.3. The van der Waals surface area contributed by atoms with Gasteiger partial charge in [-0.3, -0.25) is 19.4 Å². The number of carbonyl (C=O) groups excluding carboxylic acids is 2. The van der Waals surface area contributed by atoms with Crippen LogP contribution in [0.4, 0.5) is 5.69 Å². The molecule has 30 heavy (non-hydrogen) atoms. The number of nitrogens with zero attached hydrogens (tertiary/aromatic N) is 3. The molecule has 7 heteroatoms. The molecule has 4 rings (SSSR count). The molecule has 1 saturated heterocycles. The minimum atomic E-state index is -0.329. The lowest BCUT2D eigenvalue weighted by Crippen LogP contribution is -2.49. The second-order valence-corrected chi connectivity index (χ2v) is 9.61. The number of hydrogen-bond acceptors (Lipinski definition) is 4. The normalized spacial score (nSPS) is 20.4. The summed E-state index contributed by atoms with van der Waals surface area (Å²) in [5.74, 6) is 0.266. The first-order valence-electron chi connectivity index (χ1n) is 10.4. The zero-order valence-corrected chi connectivity index (χ0v) is 17.7. The fourth-order valence-corrected chi connectivity index (χ4v) is 4.51. The second kappa shape index (κ2) is 7.70. The molecule has 0 spiro atoms. The third-order valence-corrected chi connectivity index (χ3v) is 5.83. The van der Waals surface area contributed by atoms with Crippen LogP contribution in [0.25, 0.3) is 0 Å². The van der Waals surface area contributed by atoms with Crippen LogP contribution in [0, 0.1) is 11.3 Å². The lowest BCUT2D eigenvalue weighted by Gasteiger charge is -2.43. The van der Waals surface area contributed by atoms with Gasteiger partial charge >= 0.3 is 0 Å². The van der Waals surface area contributed by atoms with Crippen molar-refractivity contribution in [3.05, 3.63) is 58.3 Å². The lowest BCUT2D eigenvalue weighted by molar-refractivity contribution is -0.135. The fourth-order valence-electron chi connectivity index (χ4n) is 4.51. The zero-order valence-electron chi connectivity index (χ0n) is 17.7. The number of hydrogen-bond donors (Lipinski definition) is 1. The summed E-state index contributed by atoms with van der Waals surface area (Å²) in [5, 5.41) is 2.73. The van der Waals surface area contributed by atoms with E-state index >= 15 is 0 Å². The van der Waals surface area contributed by atoms with E-state index in [0.29, 0.717) is 31.6 Å². The van der Waals surface area contributed by atoms with E-state index < -0.39 is 0 Å². The summed E-state index contributed by atoms with van der Waals surface area (Å²) < 4.78 is 1.78. The van der Waals surface area contributed by atoms with Crippen LogP contribution >= 0.6 is 0 Å². The minimum Gasteiger partial charge on any atom is -0.342 e. The molecule has 2 amide bonds. The van der Waals surface area contributed by atoms with Gasteiger partial charge in [0.2, 0.25) is 5.91 Å². The lowest BCUT2D eigenvalue weighted by atomic mass is 9.82. The van der Waals surface area contributed by atoms with Crippen molar-refractivity contribution in [1.29, 1.82) is 0 Å². The Morgan fingerprint density at radius 3 is 2.53 bits per heavy atom. The number of likely N-dealkylation sites (tertiary alicyclic amines) is 1. The Hall–Kier alpha value is -2.96. The van der Waals surface area contributed by atoms with Gasteiger partial charge < -0.3 is 14.8 Å². The Kier molecular flexibility index (Phi) is 5.22. The van der Waals surface area contributed by atoms with Crippen LogP contribution in [0.1, 0.15) is 55.6 Å². The minimum absolute atomic E-state index is 0.0413. The molecule has 0 aromatic carbocycles. The van der Waals surface area contributed by atoms with Gasteiger partial charge in [-0.15, -0.1) is 0 Å². The maximum atomic E-state index is 13.1. The average molecular weight is 409 g/mol. The van der Waals surface area contributed by atoms with E-state index in [1.165, 1.54) is 0 Å². The van der Waals surface area contributed by atoms with Gasteiger partial charge in [0.25, 0.3) is 11.5 Å². The van der Waals surface area contributed by atoms with Crippen molar-refractivity contribution in [3.8, 4) is 0 Å². The Bertz CT molecular complexity index is 1020. The monoisotopic (exact) mass is 408 g/mol. The van der Waals surface area contributed by atoms with Crippen LogP contribution in [-0.4, -0.2) is 39.4 Å². The first-order chi connectivity index (χ1) is 14.2. The molecular weight excluding hydrogens is 380 g/mol. The standard InChI is InChI=1S/C23H28N4O3/c1-23(2,3)11-20(28)26-12-15-10-17(14-26)19-5-4-18(22(30)27(19)13-15)25-21(29)16-6-8-24-9-7-16/h4-9,15,17H,10-14H2,1-3H3,(H,25,29)/t15-,17-/m1/s1. The van der Waals surface area contributed by atoms with Crippen molar-refractivity contribution in [3.63, 3.8) is 0 Å². The topological polar surface area (TPSA) is 84.3 Å². The Morgan fingerprint density at radius 2 is 1.83 bits per heavy atom. The molecule has 2 aromatic rings. The van der Waals surface area contributed by atoms with Crippen LogP contribution in [0.15, 0.2) is 41.5 Å². The maximum Gasteiger partial charge on any atom is 0.274 e. The van der Waals surface area contributed by atoms with Gasteiger partial charge in [-0.25, -0.2) is 0 Å². The molecule has 2 aliphatic heterocycles. The van der Waals surface area contributed by atoms with E-state index in [-0.39, 0.29) is 40.3 Å². The SMILES string of the molecule is CC(C)(C)CC(=O)N1C[C@H]2C[C@H](C1)c1ccc(NC(=O)c3ccncc3)c(=O)n1C2. The highest BCUT2D eigenvalue weighted by Crippen LogP contribution is 2.36. The van der Waals surface area contributed by atoms with Crippen LogP contribution in [0.5, 0.6) is 0 Å². The predicted molar refractivity (Wildman–Crippen MR) is 114 cm³/mol. The van der Waals surface area contributed by atoms with Gasteiger partial charge in [0.1, 0.15) is 5.69 Å². The van der Waals surface area contributed by atoms with Crippen LogP contribution < -0.4 is 10.9 Å². The van der Waals surface area contributed by atoms with Crippen LogP contribution in [0.2, 0.25) is 0 Å². The number of piperidine rings is 1. The van der Waals surface area contributed by atoms with E-state index in [2.05, 4.69) is 31.1 Å². The largest absolute Gasteiger partial charge is 0.342 e. The molecule has 158 valence electrons. The summed E-state index contributed by atoms with van der Waals surface area (Å²) >= 11 is 0. The smallest absolute Gasteiger partial charge is 0.274 e. The van der Waals surface area contributed by atoms with Crippen molar-refractivity contribution >= 4 is 17.5 Å². The van der Waals surface area contributed by atoms with E-state index in [0.717, 1.165) is 12.1 Å². The molecule has 7 nitrogen and oxygen atoms in total. The Labute approximate surface area is 176 Å². The molecule has 2 aliphatic rings. The molecular formula is C23H28N4O3. The number of carbonyl (C=O) groups is 2. The molecule has 0 saturated carbocycles. The summed E-state index contributed by atoms with van der Waals surface area (Å²) in [6.45, 7) is 8.13. The fraction of sp³-hybridized carbons (Fsp3) is 0.478. The van der Waals surface area contributed by atoms with Crippen LogP contribution in [-0.2, 0) is 11.3 Å². The summed E-state index contributed by atoms with van der Waals surface area (Å²) in [4.78, 5) is 44.1. The quantitative estimate of drug-likeness (QED) is 0.846. The number of fused-ring (bicyclic) bond motifs is 4. The van der Waals surface area contributed by atoms with Crippen LogP contribution in [0.3, 0.4) is 0 Å². The third-order valence-electron chi connectivity index (χ3n) is 5.83. The number of nitrogens with one attached hydrogen (secondary N) is 1. The van der Waals surface area contributed by atoms with E-state index in [1.807, 2.05) is 11.0 Å². The average Bonchev–Trinajstić information content (AvgIpc) is 2.69. The molecule has 4 heterocycles. The van der Waals surface area contributed by atoms with Gasteiger partial charge in [0.15, 0.2) is 0 Å². The molecule has 0 unspecified atom stereocenters. The van der Waals surface area contributed by atoms with Gasteiger partial charge in [0, 0.05) is 55.6 Å².